The number of anilines is 1. The largest absolute Gasteiger partial charge is 0.496 e. The molecule has 0 bridgehead atoms. The molecule has 0 spiro atoms. The van der Waals surface area contributed by atoms with Gasteiger partial charge in [-0.2, -0.15) is 0 Å². The zero-order valence-electron chi connectivity index (χ0n) is 14.5. The molecule has 1 aliphatic heterocycles. The van der Waals surface area contributed by atoms with Crippen LogP contribution in [0.25, 0.3) is 11.1 Å². The Balaban J connectivity index is 1.62. The van der Waals surface area contributed by atoms with Crippen molar-refractivity contribution in [1.29, 1.82) is 0 Å². The van der Waals surface area contributed by atoms with Crippen molar-refractivity contribution in [3.05, 3.63) is 48.5 Å². The molecule has 2 N–H and O–H groups in total. The van der Waals surface area contributed by atoms with E-state index in [9.17, 15) is 4.79 Å². The van der Waals surface area contributed by atoms with Crippen molar-refractivity contribution in [3.8, 4) is 16.9 Å². The first kappa shape index (κ1) is 17.3. The Morgan fingerprint density at radius 2 is 2.12 bits per heavy atom. The van der Waals surface area contributed by atoms with E-state index < -0.39 is 0 Å². The highest BCUT2D eigenvalue weighted by Crippen LogP contribution is 2.30. The molecule has 3 rings (SSSR count). The van der Waals surface area contributed by atoms with E-state index in [1.54, 1.807) is 7.11 Å². The van der Waals surface area contributed by atoms with Crippen molar-refractivity contribution in [3.63, 3.8) is 0 Å². The van der Waals surface area contributed by atoms with Crippen LogP contribution in [0.4, 0.5) is 10.5 Å². The topological polar surface area (TPSA) is 59.6 Å². The number of urea groups is 1. The second-order valence-electron chi connectivity index (χ2n) is 6.20. The van der Waals surface area contributed by atoms with E-state index in [2.05, 4.69) is 10.6 Å². The van der Waals surface area contributed by atoms with Gasteiger partial charge in [0.2, 0.25) is 0 Å². The number of para-hydroxylation sites is 1. The van der Waals surface area contributed by atoms with Crippen LogP contribution in [0.15, 0.2) is 48.5 Å². The van der Waals surface area contributed by atoms with Crippen LogP contribution in [0.5, 0.6) is 5.75 Å². The Morgan fingerprint density at radius 3 is 2.92 bits per heavy atom. The van der Waals surface area contributed by atoms with Gasteiger partial charge < -0.3 is 20.1 Å². The molecule has 1 fully saturated rings. The Hall–Kier alpha value is -2.53. The SMILES string of the molecule is COc1ccccc1-c1cccc(NC(=O)NCC2CCCOC2)c1. The Labute approximate surface area is 148 Å². The van der Waals surface area contributed by atoms with Crippen molar-refractivity contribution in [2.24, 2.45) is 5.92 Å². The minimum atomic E-state index is -0.192. The Morgan fingerprint density at radius 1 is 1.24 bits per heavy atom. The first-order valence-electron chi connectivity index (χ1n) is 8.62. The van der Waals surface area contributed by atoms with Crippen LogP contribution in [0.3, 0.4) is 0 Å². The molecule has 1 saturated heterocycles. The second kappa shape index (κ2) is 8.53. The summed E-state index contributed by atoms with van der Waals surface area (Å²) in [5.41, 5.74) is 2.74. The Bertz CT molecular complexity index is 712. The third kappa shape index (κ3) is 4.73. The fourth-order valence-electron chi connectivity index (χ4n) is 3.03. The van der Waals surface area contributed by atoms with Gasteiger partial charge in [-0.05, 0) is 42.5 Å². The molecule has 1 atom stereocenters. The van der Waals surface area contributed by atoms with E-state index in [0.29, 0.717) is 12.5 Å². The maximum atomic E-state index is 12.1. The Kier molecular flexibility index (Phi) is 5.90. The van der Waals surface area contributed by atoms with Crippen molar-refractivity contribution in [2.45, 2.75) is 12.8 Å². The number of methoxy groups -OCH3 is 1. The van der Waals surface area contributed by atoms with Crippen molar-refractivity contribution >= 4 is 11.7 Å². The highest BCUT2D eigenvalue weighted by atomic mass is 16.5. The summed E-state index contributed by atoms with van der Waals surface area (Å²) in [6.45, 7) is 2.19. The second-order valence-corrected chi connectivity index (χ2v) is 6.20. The molecule has 2 amide bonds. The van der Waals surface area contributed by atoms with E-state index in [0.717, 1.165) is 48.6 Å². The molecule has 0 aliphatic carbocycles. The lowest BCUT2D eigenvalue weighted by atomic mass is 10.0. The van der Waals surface area contributed by atoms with Crippen LogP contribution in [0, 0.1) is 5.92 Å². The van der Waals surface area contributed by atoms with E-state index in [-0.39, 0.29) is 6.03 Å². The summed E-state index contributed by atoms with van der Waals surface area (Å²) in [7, 11) is 1.66. The molecule has 2 aromatic rings. The molecule has 25 heavy (non-hydrogen) atoms. The van der Waals surface area contributed by atoms with Gasteiger partial charge in [0, 0.05) is 24.4 Å². The van der Waals surface area contributed by atoms with Crippen LogP contribution in [-0.4, -0.2) is 32.9 Å². The molecule has 1 heterocycles. The lowest BCUT2D eigenvalue weighted by molar-refractivity contribution is 0.0559. The number of amides is 2. The maximum Gasteiger partial charge on any atom is 0.319 e. The molecular formula is C20H24N2O3. The molecule has 0 saturated carbocycles. The molecule has 5 heteroatoms. The van der Waals surface area contributed by atoms with E-state index in [4.69, 9.17) is 9.47 Å². The minimum Gasteiger partial charge on any atom is -0.496 e. The minimum absolute atomic E-state index is 0.192. The van der Waals surface area contributed by atoms with Crippen LogP contribution in [0.1, 0.15) is 12.8 Å². The summed E-state index contributed by atoms with van der Waals surface area (Å²) in [5, 5.41) is 5.83. The molecule has 1 aliphatic rings. The van der Waals surface area contributed by atoms with E-state index in [1.807, 2.05) is 48.5 Å². The number of hydrogen-bond acceptors (Lipinski definition) is 3. The van der Waals surface area contributed by atoms with Gasteiger partial charge in [0.15, 0.2) is 0 Å². The number of rotatable bonds is 5. The highest BCUT2D eigenvalue weighted by molar-refractivity contribution is 5.90. The summed E-state index contributed by atoms with van der Waals surface area (Å²) < 4.78 is 10.9. The number of ether oxygens (including phenoxy) is 2. The van der Waals surface area contributed by atoms with Crippen molar-refractivity contribution in [1.82, 2.24) is 5.32 Å². The normalized spacial score (nSPS) is 16.9. The maximum absolute atomic E-state index is 12.1. The molecule has 2 aromatic carbocycles. The van der Waals surface area contributed by atoms with Gasteiger partial charge in [-0.3, -0.25) is 0 Å². The monoisotopic (exact) mass is 340 g/mol. The molecule has 132 valence electrons. The van der Waals surface area contributed by atoms with Gasteiger partial charge in [-0.25, -0.2) is 4.79 Å². The summed E-state index contributed by atoms with van der Waals surface area (Å²) in [4.78, 5) is 12.1. The van der Waals surface area contributed by atoms with Gasteiger partial charge in [0.1, 0.15) is 5.75 Å². The quantitative estimate of drug-likeness (QED) is 0.867. The zero-order chi connectivity index (χ0) is 17.5. The number of hydrogen-bond donors (Lipinski definition) is 2. The van der Waals surface area contributed by atoms with Crippen LogP contribution in [-0.2, 0) is 4.74 Å². The fourth-order valence-corrected chi connectivity index (χ4v) is 3.03. The zero-order valence-corrected chi connectivity index (χ0v) is 14.5. The summed E-state index contributed by atoms with van der Waals surface area (Å²) in [5.74, 6) is 1.21. The molecule has 1 unspecified atom stereocenters. The lowest BCUT2D eigenvalue weighted by Crippen LogP contribution is -2.35. The first-order valence-corrected chi connectivity index (χ1v) is 8.62. The van der Waals surface area contributed by atoms with Crippen LogP contribution >= 0.6 is 0 Å². The van der Waals surface area contributed by atoms with Crippen LogP contribution < -0.4 is 15.4 Å². The molecule has 0 aromatic heterocycles. The van der Waals surface area contributed by atoms with E-state index >= 15 is 0 Å². The van der Waals surface area contributed by atoms with E-state index in [1.165, 1.54) is 0 Å². The van der Waals surface area contributed by atoms with Gasteiger partial charge in [-0.1, -0.05) is 30.3 Å². The summed E-state index contributed by atoms with van der Waals surface area (Å²) >= 11 is 0. The van der Waals surface area contributed by atoms with Gasteiger partial charge >= 0.3 is 6.03 Å². The van der Waals surface area contributed by atoms with Crippen LogP contribution in [0.2, 0.25) is 0 Å². The summed E-state index contributed by atoms with van der Waals surface area (Å²) in [6, 6.07) is 15.4. The van der Waals surface area contributed by atoms with Gasteiger partial charge in [-0.15, -0.1) is 0 Å². The van der Waals surface area contributed by atoms with Gasteiger partial charge in [0.05, 0.1) is 13.7 Å². The standard InChI is InChI=1S/C20H24N2O3/c1-24-19-10-3-2-9-18(19)16-7-4-8-17(12-16)22-20(23)21-13-15-6-5-11-25-14-15/h2-4,7-10,12,15H,5-6,11,13-14H2,1H3,(H2,21,22,23). The number of benzene rings is 2. The molecule has 0 radical (unpaired) electrons. The number of nitrogens with one attached hydrogen (secondary N) is 2. The first-order chi connectivity index (χ1) is 12.3. The highest BCUT2D eigenvalue weighted by Gasteiger charge is 2.15. The van der Waals surface area contributed by atoms with Crippen molar-refractivity contribution < 1.29 is 14.3 Å². The summed E-state index contributed by atoms with van der Waals surface area (Å²) in [6.07, 6.45) is 2.17. The third-order valence-corrected chi connectivity index (χ3v) is 4.34. The van der Waals surface area contributed by atoms with Crippen molar-refractivity contribution in [2.75, 3.05) is 32.2 Å². The predicted molar refractivity (Wildman–Crippen MR) is 99.0 cm³/mol. The lowest BCUT2D eigenvalue weighted by Gasteiger charge is -2.22. The fraction of sp³-hybridized carbons (Fsp3) is 0.350. The average Bonchev–Trinajstić information content (AvgIpc) is 2.67. The number of carbonyl (C=O) groups is 1. The third-order valence-electron chi connectivity index (χ3n) is 4.34. The smallest absolute Gasteiger partial charge is 0.319 e. The molecule has 5 nitrogen and oxygen atoms in total. The molecular weight excluding hydrogens is 316 g/mol. The average molecular weight is 340 g/mol. The van der Waals surface area contributed by atoms with Gasteiger partial charge in [0.25, 0.3) is 0 Å². The number of carbonyl (C=O) groups excluding carboxylic acids is 1. The predicted octanol–water partition coefficient (Wildman–Crippen LogP) is 3.91.